The number of rotatable bonds is 0. The van der Waals surface area contributed by atoms with E-state index in [4.69, 9.17) is 0 Å². The molecule has 0 bridgehead atoms. The summed E-state index contributed by atoms with van der Waals surface area (Å²) in [5, 5.41) is 3.13. The van der Waals surface area contributed by atoms with Gasteiger partial charge in [-0.25, -0.2) is 0 Å². The molecule has 0 aromatic rings. The predicted octanol–water partition coefficient (Wildman–Crippen LogP) is 2.38. The summed E-state index contributed by atoms with van der Waals surface area (Å²) in [6, 6.07) is 0. The Labute approximate surface area is 85.4 Å². The van der Waals surface area contributed by atoms with Crippen molar-refractivity contribution in [3.63, 3.8) is 0 Å². The minimum atomic E-state index is 0.255. The highest BCUT2D eigenvalue weighted by Crippen LogP contribution is 2.52. The number of hydrogen-bond acceptors (Lipinski definition) is 1. The van der Waals surface area contributed by atoms with E-state index in [-0.39, 0.29) is 11.4 Å². The lowest BCUT2D eigenvalue weighted by Crippen LogP contribution is -2.62. The van der Waals surface area contributed by atoms with E-state index in [9.17, 15) is 4.79 Å². The van der Waals surface area contributed by atoms with E-state index >= 15 is 0 Å². The lowest BCUT2D eigenvalue weighted by molar-refractivity contribution is -0.135. The Morgan fingerprint density at radius 1 is 0.929 bits per heavy atom. The van der Waals surface area contributed by atoms with Crippen LogP contribution >= 0.6 is 0 Å². The summed E-state index contributed by atoms with van der Waals surface area (Å²) in [6.45, 7) is 0. The zero-order chi connectivity index (χ0) is 9.65. The fourth-order valence-electron chi connectivity index (χ4n) is 3.77. The van der Waals surface area contributed by atoms with Gasteiger partial charge < -0.3 is 5.32 Å². The van der Waals surface area contributed by atoms with Crippen LogP contribution in [-0.2, 0) is 4.79 Å². The molecule has 1 aliphatic heterocycles. The summed E-state index contributed by atoms with van der Waals surface area (Å²) >= 11 is 0. The van der Waals surface area contributed by atoms with Gasteiger partial charge in [-0.05, 0) is 43.9 Å². The molecule has 14 heavy (non-hydrogen) atoms. The third-order valence-corrected chi connectivity index (χ3v) is 4.84. The highest BCUT2D eigenvalue weighted by atomic mass is 16.2. The zero-order valence-corrected chi connectivity index (χ0v) is 8.77. The summed E-state index contributed by atoms with van der Waals surface area (Å²) in [5.74, 6) is 0.271. The van der Waals surface area contributed by atoms with E-state index in [1.165, 1.54) is 51.4 Å². The Morgan fingerprint density at radius 2 is 1.50 bits per heavy atom. The second kappa shape index (κ2) is 2.74. The molecule has 2 aliphatic carbocycles. The van der Waals surface area contributed by atoms with E-state index in [2.05, 4.69) is 5.32 Å². The maximum atomic E-state index is 11.0. The molecular formula is C12H19NO. The third-order valence-electron chi connectivity index (χ3n) is 4.84. The van der Waals surface area contributed by atoms with Crippen molar-refractivity contribution in [2.45, 2.75) is 63.3 Å². The molecule has 1 N–H and O–H groups in total. The van der Waals surface area contributed by atoms with Crippen LogP contribution in [0.1, 0.15) is 57.8 Å². The van der Waals surface area contributed by atoms with Gasteiger partial charge in [-0.15, -0.1) is 0 Å². The summed E-state index contributed by atoms with van der Waals surface area (Å²) in [4.78, 5) is 11.0. The van der Waals surface area contributed by atoms with E-state index in [1.807, 2.05) is 0 Å². The van der Waals surface area contributed by atoms with Gasteiger partial charge in [-0.3, -0.25) is 4.79 Å². The molecule has 3 rings (SSSR count). The van der Waals surface area contributed by atoms with Crippen molar-refractivity contribution in [3.8, 4) is 0 Å². The molecule has 3 aliphatic rings. The second-order valence-electron chi connectivity index (χ2n) is 5.71. The van der Waals surface area contributed by atoms with Crippen LogP contribution in [-0.4, -0.2) is 11.4 Å². The van der Waals surface area contributed by atoms with Crippen LogP contribution in [0, 0.1) is 5.41 Å². The average molecular weight is 193 g/mol. The fraction of sp³-hybridized carbons (Fsp3) is 0.917. The van der Waals surface area contributed by atoms with Gasteiger partial charge in [0.2, 0.25) is 5.91 Å². The minimum absolute atomic E-state index is 0.255. The molecule has 0 unspecified atom stereocenters. The van der Waals surface area contributed by atoms with E-state index < -0.39 is 0 Å². The molecule has 2 saturated carbocycles. The van der Waals surface area contributed by atoms with Gasteiger partial charge in [-0.1, -0.05) is 12.8 Å². The molecule has 1 saturated heterocycles. The molecular weight excluding hydrogens is 174 g/mol. The molecule has 1 heterocycles. The molecule has 0 atom stereocenters. The first kappa shape index (κ1) is 8.75. The molecule has 3 fully saturated rings. The third kappa shape index (κ3) is 1.19. The van der Waals surface area contributed by atoms with Crippen molar-refractivity contribution in [1.82, 2.24) is 5.32 Å². The molecule has 2 spiro atoms. The monoisotopic (exact) mass is 193 g/mol. The highest BCUT2D eigenvalue weighted by Gasteiger charge is 2.49. The van der Waals surface area contributed by atoms with Crippen LogP contribution in [0.3, 0.4) is 0 Å². The number of hydrogen-bond donors (Lipinski definition) is 1. The van der Waals surface area contributed by atoms with Gasteiger partial charge in [0.1, 0.15) is 0 Å². The van der Waals surface area contributed by atoms with Crippen LogP contribution in [0.15, 0.2) is 0 Å². The van der Waals surface area contributed by atoms with Gasteiger partial charge in [0, 0.05) is 12.0 Å². The quantitative estimate of drug-likeness (QED) is 0.588. The number of amides is 1. The van der Waals surface area contributed by atoms with Gasteiger partial charge >= 0.3 is 0 Å². The standard InChI is InChI=1S/C12H19NO/c14-10-9-12(13-10)7-5-11(6-8-12)3-1-2-4-11/h1-9H2,(H,13,14). The SMILES string of the molecule is O=C1CC2(CCC3(CCCC3)CC2)N1. The lowest BCUT2D eigenvalue weighted by atomic mass is 9.63. The lowest BCUT2D eigenvalue weighted by Gasteiger charge is -2.50. The first-order chi connectivity index (χ1) is 6.72. The maximum Gasteiger partial charge on any atom is 0.222 e. The van der Waals surface area contributed by atoms with Crippen LogP contribution in [0.25, 0.3) is 0 Å². The number of nitrogens with one attached hydrogen (secondary N) is 1. The van der Waals surface area contributed by atoms with E-state index in [1.54, 1.807) is 0 Å². The van der Waals surface area contributed by atoms with Crippen molar-refractivity contribution < 1.29 is 4.79 Å². The molecule has 0 radical (unpaired) electrons. The van der Waals surface area contributed by atoms with Crippen molar-refractivity contribution >= 4 is 5.91 Å². The van der Waals surface area contributed by atoms with E-state index in [0.717, 1.165) is 6.42 Å². The van der Waals surface area contributed by atoms with Crippen LogP contribution in [0.4, 0.5) is 0 Å². The van der Waals surface area contributed by atoms with Crippen molar-refractivity contribution in [1.29, 1.82) is 0 Å². The Balaban J connectivity index is 1.64. The smallest absolute Gasteiger partial charge is 0.222 e. The summed E-state index contributed by atoms with van der Waals surface area (Å²) < 4.78 is 0. The number of carbonyl (C=O) groups excluding carboxylic acids is 1. The number of carbonyl (C=O) groups is 1. The first-order valence-electron chi connectivity index (χ1n) is 6.03. The highest BCUT2D eigenvalue weighted by molar-refractivity contribution is 5.84. The number of β-lactam (4-membered cyclic amide) rings is 1. The summed E-state index contributed by atoms with van der Waals surface area (Å²) in [6.07, 6.45) is 11.8. The van der Waals surface area contributed by atoms with Crippen molar-refractivity contribution in [2.75, 3.05) is 0 Å². The molecule has 78 valence electrons. The topological polar surface area (TPSA) is 29.1 Å². The van der Waals surface area contributed by atoms with Crippen molar-refractivity contribution in [2.24, 2.45) is 5.41 Å². The predicted molar refractivity (Wildman–Crippen MR) is 54.9 cm³/mol. The molecule has 2 heteroatoms. The van der Waals surface area contributed by atoms with Crippen LogP contribution in [0.2, 0.25) is 0 Å². The molecule has 1 amide bonds. The van der Waals surface area contributed by atoms with Crippen molar-refractivity contribution in [3.05, 3.63) is 0 Å². The van der Waals surface area contributed by atoms with Gasteiger partial charge in [0.25, 0.3) is 0 Å². The Kier molecular flexibility index (Phi) is 1.71. The zero-order valence-electron chi connectivity index (χ0n) is 8.77. The Morgan fingerprint density at radius 3 is 2.00 bits per heavy atom. The average Bonchev–Trinajstić information content (AvgIpc) is 2.57. The molecule has 0 aromatic carbocycles. The Bertz CT molecular complexity index is 245. The summed E-state index contributed by atoms with van der Waals surface area (Å²) in [7, 11) is 0. The van der Waals surface area contributed by atoms with Crippen LogP contribution in [0.5, 0.6) is 0 Å². The summed E-state index contributed by atoms with van der Waals surface area (Å²) in [5.41, 5.74) is 0.955. The largest absolute Gasteiger partial charge is 0.350 e. The normalized spacial score (nSPS) is 33.0. The fourth-order valence-corrected chi connectivity index (χ4v) is 3.77. The molecule has 0 aromatic heterocycles. The van der Waals surface area contributed by atoms with Gasteiger partial charge in [0.05, 0.1) is 0 Å². The molecule has 2 nitrogen and oxygen atoms in total. The van der Waals surface area contributed by atoms with Crippen LogP contribution < -0.4 is 5.32 Å². The second-order valence-corrected chi connectivity index (χ2v) is 5.71. The Hall–Kier alpha value is -0.530. The maximum absolute atomic E-state index is 11.0. The first-order valence-corrected chi connectivity index (χ1v) is 6.03. The van der Waals surface area contributed by atoms with E-state index in [0.29, 0.717) is 5.41 Å². The van der Waals surface area contributed by atoms with Gasteiger partial charge in [0.15, 0.2) is 0 Å². The minimum Gasteiger partial charge on any atom is -0.350 e. The van der Waals surface area contributed by atoms with Gasteiger partial charge in [-0.2, -0.15) is 0 Å².